The van der Waals surface area contributed by atoms with E-state index in [9.17, 15) is 9.18 Å². The van der Waals surface area contributed by atoms with Crippen molar-refractivity contribution >= 4 is 17.2 Å². The molecule has 5 heteroatoms. The number of aryl methyl sites for hydroxylation is 1. The summed E-state index contributed by atoms with van der Waals surface area (Å²) in [6.07, 6.45) is 0. The Bertz CT molecular complexity index is 612. The Kier molecular flexibility index (Phi) is 5.47. The zero-order valence-electron chi connectivity index (χ0n) is 12.3. The highest BCUT2D eigenvalue weighted by Gasteiger charge is 2.12. The molecule has 0 radical (unpaired) electrons. The van der Waals surface area contributed by atoms with Crippen LogP contribution in [0.4, 0.5) is 4.39 Å². The van der Waals surface area contributed by atoms with Gasteiger partial charge in [-0.15, -0.1) is 11.3 Å². The van der Waals surface area contributed by atoms with Crippen LogP contribution in [-0.2, 0) is 17.9 Å². The maximum atomic E-state index is 13.4. The molecule has 0 bridgehead atoms. The summed E-state index contributed by atoms with van der Waals surface area (Å²) in [5, 5.41) is 4.83. The number of amides is 1. The van der Waals surface area contributed by atoms with Crippen molar-refractivity contribution in [3.05, 3.63) is 57.5 Å². The minimum Gasteiger partial charge on any atom is -0.347 e. The van der Waals surface area contributed by atoms with Crippen molar-refractivity contribution in [3.8, 4) is 0 Å². The van der Waals surface area contributed by atoms with Gasteiger partial charge in [0.25, 0.3) is 5.91 Å². The summed E-state index contributed by atoms with van der Waals surface area (Å²) in [7, 11) is 1.99. The van der Waals surface area contributed by atoms with Crippen LogP contribution in [0.3, 0.4) is 0 Å². The number of quaternary nitrogens is 1. The number of benzene rings is 1. The summed E-state index contributed by atoms with van der Waals surface area (Å²) in [4.78, 5) is 14.3. The molecule has 0 saturated heterocycles. The normalized spacial score (nSPS) is 12.1. The molecule has 0 aliphatic carbocycles. The predicted octanol–water partition coefficient (Wildman–Crippen LogP) is 1.53. The Morgan fingerprint density at radius 2 is 2.10 bits per heavy atom. The molecule has 0 saturated carbocycles. The first kappa shape index (κ1) is 15.7. The van der Waals surface area contributed by atoms with Gasteiger partial charge in [-0.05, 0) is 30.0 Å². The summed E-state index contributed by atoms with van der Waals surface area (Å²) in [5.41, 5.74) is 1.78. The summed E-state index contributed by atoms with van der Waals surface area (Å²) in [5.74, 6) is -0.349. The highest BCUT2D eigenvalue weighted by atomic mass is 32.1. The van der Waals surface area contributed by atoms with Gasteiger partial charge >= 0.3 is 0 Å². The first-order chi connectivity index (χ1) is 10.1. The van der Waals surface area contributed by atoms with E-state index in [1.54, 1.807) is 29.5 Å². The summed E-state index contributed by atoms with van der Waals surface area (Å²) < 4.78 is 13.4. The predicted molar refractivity (Wildman–Crippen MR) is 82.8 cm³/mol. The average molecular weight is 307 g/mol. The Hall–Kier alpha value is -1.72. The second kappa shape index (κ2) is 7.33. The Morgan fingerprint density at radius 1 is 1.33 bits per heavy atom. The largest absolute Gasteiger partial charge is 0.347 e. The van der Waals surface area contributed by atoms with E-state index < -0.39 is 0 Å². The maximum absolute atomic E-state index is 13.4. The van der Waals surface area contributed by atoms with Gasteiger partial charge in [-0.3, -0.25) is 4.79 Å². The van der Waals surface area contributed by atoms with E-state index >= 15 is 0 Å². The number of carbonyl (C=O) groups excluding carboxylic acids is 1. The zero-order chi connectivity index (χ0) is 15.2. The van der Waals surface area contributed by atoms with Gasteiger partial charge < -0.3 is 10.2 Å². The number of halogens is 1. The van der Waals surface area contributed by atoms with E-state index in [-0.39, 0.29) is 18.3 Å². The zero-order valence-corrected chi connectivity index (χ0v) is 13.1. The number of carbonyl (C=O) groups is 1. The van der Waals surface area contributed by atoms with E-state index in [1.165, 1.54) is 16.5 Å². The first-order valence-corrected chi connectivity index (χ1v) is 7.78. The SMILES string of the molecule is Cc1ccsc1C[NH+](C)CC(=O)NCc1ccccc1F. The van der Waals surface area contributed by atoms with Crippen LogP contribution in [0.15, 0.2) is 35.7 Å². The molecule has 1 heterocycles. The average Bonchev–Trinajstić information content (AvgIpc) is 2.83. The molecule has 112 valence electrons. The van der Waals surface area contributed by atoms with E-state index in [4.69, 9.17) is 0 Å². The molecule has 1 atom stereocenters. The number of thiophene rings is 1. The number of rotatable bonds is 6. The molecule has 2 rings (SSSR count). The van der Waals surface area contributed by atoms with Crippen LogP contribution in [0.1, 0.15) is 16.0 Å². The van der Waals surface area contributed by atoms with E-state index in [0.29, 0.717) is 12.1 Å². The van der Waals surface area contributed by atoms with Crippen molar-refractivity contribution in [3.63, 3.8) is 0 Å². The minimum absolute atomic E-state index is 0.0648. The molecular formula is C16H20FN2OS+. The first-order valence-electron chi connectivity index (χ1n) is 6.90. The van der Waals surface area contributed by atoms with Crippen molar-refractivity contribution in [1.82, 2.24) is 5.32 Å². The minimum atomic E-state index is -0.285. The van der Waals surface area contributed by atoms with Crippen LogP contribution in [-0.4, -0.2) is 19.5 Å². The quantitative estimate of drug-likeness (QED) is 0.834. The molecule has 1 aromatic heterocycles. The molecule has 2 N–H and O–H groups in total. The lowest BCUT2D eigenvalue weighted by Crippen LogP contribution is -3.08. The summed E-state index contributed by atoms with van der Waals surface area (Å²) in [6, 6.07) is 8.58. The van der Waals surface area contributed by atoms with Crippen molar-refractivity contribution in [2.75, 3.05) is 13.6 Å². The lowest BCUT2D eigenvalue weighted by atomic mass is 10.2. The Morgan fingerprint density at radius 3 is 2.76 bits per heavy atom. The van der Waals surface area contributed by atoms with E-state index in [1.807, 2.05) is 7.05 Å². The molecule has 21 heavy (non-hydrogen) atoms. The summed E-state index contributed by atoms with van der Waals surface area (Å²) >= 11 is 1.72. The standard InChI is InChI=1S/C16H19FN2OS/c1-12-7-8-21-15(12)10-19(2)11-16(20)18-9-13-5-3-4-6-14(13)17/h3-8H,9-11H2,1-2H3,(H,18,20)/p+1. The monoisotopic (exact) mass is 307 g/mol. The molecule has 0 aliphatic rings. The third-order valence-corrected chi connectivity index (χ3v) is 4.35. The van der Waals surface area contributed by atoms with Crippen molar-refractivity contribution in [1.29, 1.82) is 0 Å². The van der Waals surface area contributed by atoms with Crippen LogP contribution >= 0.6 is 11.3 Å². The third kappa shape index (κ3) is 4.65. The smallest absolute Gasteiger partial charge is 0.275 e. The highest BCUT2D eigenvalue weighted by Crippen LogP contribution is 2.13. The van der Waals surface area contributed by atoms with Crippen LogP contribution in [0, 0.1) is 12.7 Å². The maximum Gasteiger partial charge on any atom is 0.275 e. The molecular weight excluding hydrogens is 287 g/mol. The number of hydrogen-bond acceptors (Lipinski definition) is 2. The van der Waals surface area contributed by atoms with Crippen molar-refractivity contribution in [2.45, 2.75) is 20.0 Å². The second-order valence-electron chi connectivity index (χ2n) is 5.21. The molecule has 1 amide bonds. The molecule has 3 nitrogen and oxygen atoms in total. The fourth-order valence-electron chi connectivity index (χ4n) is 2.09. The second-order valence-corrected chi connectivity index (χ2v) is 6.21. The van der Waals surface area contributed by atoms with Gasteiger partial charge in [0.05, 0.1) is 11.9 Å². The lowest BCUT2D eigenvalue weighted by molar-refractivity contribution is -0.885. The Labute approximate surface area is 128 Å². The number of hydrogen-bond donors (Lipinski definition) is 2. The Balaban J connectivity index is 1.79. The fraction of sp³-hybridized carbons (Fsp3) is 0.312. The highest BCUT2D eigenvalue weighted by molar-refractivity contribution is 7.10. The van der Waals surface area contributed by atoms with Crippen LogP contribution in [0.2, 0.25) is 0 Å². The van der Waals surface area contributed by atoms with Gasteiger partial charge in [-0.1, -0.05) is 18.2 Å². The van der Waals surface area contributed by atoms with Gasteiger partial charge in [-0.2, -0.15) is 0 Å². The van der Waals surface area contributed by atoms with Crippen molar-refractivity contribution < 1.29 is 14.1 Å². The molecule has 0 spiro atoms. The van der Waals surface area contributed by atoms with E-state index in [0.717, 1.165) is 11.4 Å². The van der Waals surface area contributed by atoms with Gasteiger partial charge in [0.15, 0.2) is 6.54 Å². The topological polar surface area (TPSA) is 33.5 Å². The van der Waals surface area contributed by atoms with Gasteiger partial charge in [0.1, 0.15) is 12.4 Å². The molecule has 0 fully saturated rings. The fourth-order valence-corrected chi connectivity index (χ4v) is 3.11. The van der Waals surface area contributed by atoms with E-state index in [2.05, 4.69) is 23.7 Å². The molecule has 1 aromatic carbocycles. The van der Waals surface area contributed by atoms with Gasteiger partial charge in [-0.25, -0.2) is 4.39 Å². The third-order valence-electron chi connectivity index (χ3n) is 3.33. The number of likely N-dealkylation sites (N-methyl/N-ethyl adjacent to an activating group) is 1. The molecule has 2 aromatic rings. The molecule has 1 unspecified atom stereocenters. The van der Waals surface area contributed by atoms with Crippen LogP contribution in [0.25, 0.3) is 0 Å². The lowest BCUT2D eigenvalue weighted by Gasteiger charge is -2.13. The van der Waals surface area contributed by atoms with Crippen LogP contribution < -0.4 is 10.2 Å². The van der Waals surface area contributed by atoms with Gasteiger partial charge in [0.2, 0.25) is 0 Å². The number of nitrogens with one attached hydrogen (secondary N) is 2. The van der Waals surface area contributed by atoms with Crippen molar-refractivity contribution in [2.24, 2.45) is 0 Å². The molecule has 0 aliphatic heterocycles. The van der Waals surface area contributed by atoms with Gasteiger partial charge in [0, 0.05) is 12.1 Å². The summed E-state index contributed by atoms with van der Waals surface area (Å²) in [6.45, 7) is 3.52. The van der Waals surface area contributed by atoms with Crippen LogP contribution in [0.5, 0.6) is 0 Å².